The number of piperidine rings is 1. The number of rotatable bonds is 8. The Bertz CT molecular complexity index is 563. The van der Waals surface area contributed by atoms with Crippen molar-refractivity contribution in [1.29, 1.82) is 0 Å². The highest BCUT2D eigenvalue weighted by atomic mass is 16.2. The van der Waals surface area contributed by atoms with Gasteiger partial charge in [-0.3, -0.25) is 9.59 Å². The molecular formula is C20H30N2O2. The highest BCUT2D eigenvalue weighted by Gasteiger charge is 2.11. The van der Waals surface area contributed by atoms with E-state index >= 15 is 0 Å². The van der Waals surface area contributed by atoms with Gasteiger partial charge in [0, 0.05) is 24.9 Å². The maximum Gasteiger partial charge on any atom is 0.220 e. The summed E-state index contributed by atoms with van der Waals surface area (Å²) in [7, 11) is 0. The lowest BCUT2D eigenvalue weighted by Gasteiger charge is -2.26. The number of nitrogens with one attached hydrogen (secondary N) is 1. The first-order chi connectivity index (χ1) is 11.6. The molecule has 0 unspecified atom stereocenters. The number of Topliss-reactive ketones (excluding diaryl/α,β-unsaturated/α-hetero) is 1. The molecule has 4 heteroatoms. The van der Waals surface area contributed by atoms with E-state index in [2.05, 4.69) is 10.2 Å². The summed E-state index contributed by atoms with van der Waals surface area (Å²) in [6.07, 6.45) is 5.48. The van der Waals surface area contributed by atoms with E-state index in [4.69, 9.17) is 0 Å². The topological polar surface area (TPSA) is 49.4 Å². The molecule has 1 aromatic carbocycles. The van der Waals surface area contributed by atoms with Crippen molar-refractivity contribution < 1.29 is 9.59 Å². The third-order valence-corrected chi connectivity index (χ3v) is 4.83. The number of ketones is 1. The van der Waals surface area contributed by atoms with Crippen molar-refractivity contribution in [3.8, 4) is 0 Å². The molecular weight excluding hydrogens is 300 g/mol. The fourth-order valence-corrected chi connectivity index (χ4v) is 3.09. The maximum atomic E-state index is 12.2. The molecule has 0 spiro atoms. The van der Waals surface area contributed by atoms with E-state index in [1.54, 1.807) is 0 Å². The van der Waals surface area contributed by atoms with E-state index in [0.717, 1.165) is 18.5 Å². The molecule has 0 atom stereocenters. The van der Waals surface area contributed by atoms with Crippen LogP contribution in [0.3, 0.4) is 0 Å². The zero-order valence-electron chi connectivity index (χ0n) is 15.1. The number of carbonyl (C=O) groups excluding carboxylic acids is 2. The number of benzene rings is 1. The Morgan fingerprint density at radius 3 is 2.50 bits per heavy atom. The van der Waals surface area contributed by atoms with Crippen molar-refractivity contribution in [2.75, 3.05) is 26.2 Å². The van der Waals surface area contributed by atoms with Crippen LogP contribution in [0.1, 0.15) is 60.0 Å². The lowest BCUT2D eigenvalue weighted by molar-refractivity contribution is -0.121. The predicted octanol–water partition coefficient (Wildman–Crippen LogP) is 3.26. The fourth-order valence-electron chi connectivity index (χ4n) is 3.09. The first-order valence-electron chi connectivity index (χ1n) is 9.16. The van der Waals surface area contributed by atoms with Crippen LogP contribution in [0.15, 0.2) is 18.2 Å². The highest BCUT2D eigenvalue weighted by molar-refractivity contribution is 5.98. The van der Waals surface area contributed by atoms with Crippen LogP contribution in [0, 0.1) is 13.8 Å². The zero-order valence-corrected chi connectivity index (χ0v) is 15.1. The molecule has 24 heavy (non-hydrogen) atoms. The molecule has 1 aliphatic heterocycles. The summed E-state index contributed by atoms with van der Waals surface area (Å²) in [5, 5.41) is 2.93. The monoisotopic (exact) mass is 330 g/mol. The smallest absolute Gasteiger partial charge is 0.220 e. The van der Waals surface area contributed by atoms with Gasteiger partial charge in [0.1, 0.15) is 0 Å². The molecule has 1 amide bonds. The Labute approximate surface area is 145 Å². The van der Waals surface area contributed by atoms with Crippen molar-refractivity contribution in [2.24, 2.45) is 0 Å². The Balaban J connectivity index is 1.61. The van der Waals surface area contributed by atoms with E-state index in [0.29, 0.717) is 12.1 Å². The minimum Gasteiger partial charge on any atom is -0.356 e. The second kappa shape index (κ2) is 9.58. The van der Waals surface area contributed by atoms with Crippen molar-refractivity contribution in [2.45, 2.75) is 52.4 Å². The van der Waals surface area contributed by atoms with Gasteiger partial charge < -0.3 is 10.2 Å². The van der Waals surface area contributed by atoms with Gasteiger partial charge in [0.25, 0.3) is 0 Å². The Hall–Kier alpha value is -1.68. The largest absolute Gasteiger partial charge is 0.356 e. The normalized spacial score (nSPS) is 15.2. The van der Waals surface area contributed by atoms with E-state index < -0.39 is 0 Å². The van der Waals surface area contributed by atoms with Crippen molar-refractivity contribution in [3.63, 3.8) is 0 Å². The number of carbonyl (C=O) groups is 2. The quantitative estimate of drug-likeness (QED) is 0.588. The zero-order chi connectivity index (χ0) is 17.4. The number of hydrogen-bond donors (Lipinski definition) is 1. The number of nitrogens with zero attached hydrogens (tertiary/aromatic N) is 1. The summed E-state index contributed by atoms with van der Waals surface area (Å²) in [6, 6.07) is 5.72. The molecule has 1 fully saturated rings. The van der Waals surface area contributed by atoms with E-state index in [1.807, 2.05) is 32.0 Å². The van der Waals surface area contributed by atoms with Crippen LogP contribution in [0.5, 0.6) is 0 Å². The van der Waals surface area contributed by atoms with Crippen LogP contribution in [-0.2, 0) is 4.79 Å². The molecule has 0 saturated carbocycles. The number of amides is 1. The lowest BCUT2D eigenvalue weighted by atomic mass is 10.0. The molecule has 1 heterocycles. The van der Waals surface area contributed by atoms with E-state index in [9.17, 15) is 9.59 Å². The molecule has 1 N–H and O–H groups in total. The maximum absolute atomic E-state index is 12.2. The molecule has 1 saturated heterocycles. The Morgan fingerprint density at radius 2 is 1.79 bits per heavy atom. The number of hydrogen-bond acceptors (Lipinski definition) is 3. The van der Waals surface area contributed by atoms with Gasteiger partial charge >= 0.3 is 0 Å². The van der Waals surface area contributed by atoms with E-state index in [1.165, 1.54) is 37.9 Å². The van der Waals surface area contributed by atoms with Gasteiger partial charge in [0.2, 0.25) is 5.91 Å². The molecule has 0 aromatic heterocycles. The first-order valence-corrected chi connectivity index (χ1v) is 9.16. The summed E-state index contributed by atoms with van der Waals surface area (Å²) in [6.45, 7) is 8.17. The van der Waals surface area contributed by atoms with Crippen LogP contribution in [-0.4, -0.2) is 42.8 Å². The molecule has 2 rings (SSSR count). The Kier molecular flexibility index (Phi) is 7.44. The highest BCUT2D eigenvalue weighted by Crippen LogP contribution is 2.12. The molecule has 1 aliphatic rings. The van der Waals surface area contributed by atoms with Crippen molar-refractivity contribution in [1.82, 2.24) is 10.2 Å². The third kappa shape index (κ3) is 6.08. The van der Waals surface area contributed by atoms with Crippen LogP contribution < -0.4 is 5.32 Å². The number of aryl methyl sites for hydroxylation is 2. The second-order valence-electron chi connectivity index (χ2n) is 6.83. The molecule has 0 aliphatic carbocycles. The molecule has 132 valence electrons. The van der Waals surface area contributed by atoms with Gasteiger partial charge in [-0.25, -0.2) is 0 Å². The van der Waals surface area contributed by atoms with Gasteiger partial charge in [0.05, 0.1) is 0 Å². The van der Waals surface area contributed by atoms with Crippen molar-refractivity contribution in [3.05, 3.63) is 34.9 Å². The van der Waals surface area contributed by atoms with Gasteiger partial charge in [-0.2, -0.15) is 0 Å². The van der Waals surface area contributed by atoms with Gasteiger partial charge in [-0.1, -0.05) is 18.6 Å². The van der Waals surface area contributed by atoms with Crippen LogP contribution in [0.4, 0.5) is 0 Å². The minimum atomic E-state index is -0.0224. The summed E-state index contributed by atoms with van der Waals surface area (Å²) in [5.41, 5.74) is 3.00. The molecule has 1 aromatic rings. The van der Waals surface area contributed by atoms with E-state index in [-0.39, 0.29) is 24.5 Å². The summed E-state index contributed by atoms with van der Waals surface area (Å²) >= 11 is 0. The SMILES string of the molecule is Cc1ccc(C(=O)CCC(=O)NCCCN2CCCCC2)cc1C. The minimum absolute atomic E-state index is 0.0224. The van der Waals surface area contributed by atoms with Gasteiger partial charge in [-0.15, -0.1) is 0 Å². The average molecular weight is 330 g/mol. The Morgan fingerprint density at radius 1 is 1.04 bits per heavy atom. The molecule has 0 bridgehead atoms. The van der Waals surface area contributed by atoms with Gasteiger partial charge in [0.15, 0.2) is 5.78 Å². The van der Waals surface area contributed by atoms with Gasteiger partial charge in [-0.05, 0) is 69.9 Å². The second-order valence-corrected chi connectivity index (χ2v) is 6.83. The summed E-state index contributed by atoms with van der Waals surface area (Å²) in [5.74, 6) is 0.0207. The fraction of sp³-hybridized carbons (Fsp3) is 0.600. The number of likely N-dealkylation sites (tertiary alicyclic amines) is 1. The lowest BCUT2D eigenvalue weighted by Crippen LogP contribution is -2.33. The third-order valence-electron chi connectivity index (χ3n) is 4.83. The van der Waals surface area contributed by atoms with Crippen molar-refractivity contribution >= 4 is 11.7 Å². The van der Waals surface area contributed by atoms with Crippen LogP contribution in [0.25, 0.3) is 0 Å². The van der Waals surface area contributed by atoms with Crippen LogP contribution in [0.2, 0.25) is 0 Å². The summed E-state index contributed by atoms with van der Waals surface area (Å²) < 4.78 is 0. The predicted molar refractivity (Wildman–Crippen MR) is 97.4 cm³/mol. The molecule has 0 radical (unpaired) electrons. The van der Waals surface area contributed by atoms with Crippen LogP contribution >= 0.6 is 0 Å². The first kappa shape index (κ1) is 18.7. The summed E-state index contributed by atoms with van der Waals surface area (Å²) in [4.78, 5) is 26.5. The molecule has 4 nitrogen and oxygen atoms in total. The standard InChI is InChI=1S/C20H30N2O2/c1-16-7-8-18(15-17(16)2)19(23)9-10-20(24)21-11-6-14-22-12-4-3-5-13-22/h7-8,15H,3-6,9-14H2,1-2H3,(H,21,24). The average Bonchev–Trinajstić information content (AvgIpc) is 2.60.